The van der Waals surface area contributed by atoms with E-state index in [-0.39, 0.29) is 32.7 Å². The first-order chi connectivity index (χ1) is 25.5. The smallest absolute Gasteiger partial charge is 0.358 e. The van der Waals surface area contributed by atoms with Gasteiger partial charge in [-0.15, -0.1) is 5.06 Å². The van der Waals surface area contributed by atoms with E-state index in [9.17, 15) is 19.2 Å². The van der Waals surface area contributed by atoms with E-state index in [1.54, 1.807) is 0 Å². The third kappa shape index (κ3) is 30.9. The zero-order valence-electron chi connectivity index (χ0n) is 30.2. The van der Waals surface area contributed by atoms with Crippen molar-refractivity contribution in [1.29, 1.82) is 0 Å². The number of carbonyl (C=O) groups excluding carboxylic acids is 4. The van der Waals surface area contributed by atoms with Crippen LogP contribution in [0.1, 0.15) is 12.8 Å². The van der Waals surface area contributed by atoms with Crippen LogP contribution in [0.4, 0.5) is 0 Å². The molecule has 1 fully saturated rings. The number of imide groups is 1. The average Bonchev–Trinajstić information content (AvgIpc) is 3.46. The number of esters is 1. The normalized spacial score (nSPS) is 12.9. The van der Waals surface area contributed by atoms with E-state index < -0.39 is 30.4 Å². The second-order valence-electron chi connectivity index (χ2n) is 10.2. The largest absolute Gasteiger partial charge is 0.460 e. The van der Waals surface area contributed by atoms with E-state index in [1.165, 1.54) is 0 Å². The lowest BCUT2D eigenvalue weighted by molar-refractivity contribution is -0.200. The molecule has 1 rings (SSSR count). The van der Waals surface area contributed by atoms with Crippen LogP contribution in [0.15, 0.2) is 12.7 Å². The Balaban J connectivity index is 1.64. The van der Waals surface area contributed by atoms with Crippen molar-refractivity contribution >= 4 is 23.8 Å². The van der Waals surface area contributed by atoms with Gasteiger partial charge in [-0.2, -0.15) is 0 Å². The van der Waals surface area contributed by atoms with Crippen LogP contribution >= 0.6 is 0 Å². The van der Waals surface area contributed by atoms with Crippen LogP contribution in [0.3, 0.4) is 0 Å². The fourth-order valence-electron chi connectivity index (χ4n) is 3.62. The zero-order chi connectivity index (χ0) is 37.6. The predicted molar refractivity (Wildman–Crippen MR) is 178 cm³/mol. The molecule has 1 saturated heterocycles. The number of ether oxygens (including phenoxy) is 13. The maximum Gasteiger partial charge on any atom is 0.358 e. The first-order valence-corrected chi connectivity index (χ1v) is 17.3. The molecule has 0 N–H and O–H groups in total. The molecule has 2 amide bonds. The second kappa shape index (κ2) is 36.7. The van der Waals surface area contributed by atoms with Gasteiger partial charge in [-0.1, -0.05) is 6.58 Å². The summed E-state index contributed by atoms with van der Waals surface area (Å²) in [6, 6.07) is 0. The molecule has 0 bridgehead atoms. The minimum atomic E-state index is -0.825. The van der Waals surface area contributed by atoms with Crippen molar-refractivity contribution in [3.8, 4) is 0 Å². The van der Waals surface area contributed by atoms with Crippen LogP contribution in [0, 0.1) is 0 Å². The number of amides is 2. The number of carbonyl (C=O) groups is 4. The van der Waals surface area contributed by atoms with Gasteiger partial charge in [-0.3, -0.25) is 9.59 Å². The van der Waals surface area contributed by atoms with E-state index in [2.05, 4.69) is 11.4 Å². The highest BCUT2D eigenvalue weighted by Crippen LogP contribution is 2.12. The summed E-state index contributed by atoms with van der Waals surface area (Å²) in [5.41, 5.74) is 0. The molecular formula is C33H57NO18. The monoisotopic (exact) mass is 755 g/mol. The molecule has 0 aromatic rings. The first kappa shape index (κ1) is 47.4. The quantitative estimate of drug-likeness (QED) is 0.0336. The molecule has 0 radical (unpaired) electrons. The topological polar surface area (TPSA) is 201 Å². The summed E-state index contributed by atoms with van der Waals surface area (Å²) in [7, 11) is 0. The summed E-state index contributed by atoms with van der Waals surface area (Å²) in [4.78, 5) is 49.9. The standard InChI is InChI=1S/C33H57NO18/c1-2-32(37)51-28-27-49-24-23-47-20-19-45-16-15-43-12-11-41-8-7-39-5-6-40-9-10-42-13-14-44-17-18-46-21-22-48-25-26-50-29-33(38)52-34-30(35)3-4-31(34)36/h2H,1,3-29H2. The van der Waals surface area contributed by atoms with Crippen LogP contribution in [0.5, 0.6) is 0 Å². The van der Waals surface area contributed by atoms with Crippen molar-refractivity contribution in [3.63, 3.8) is 0 Å². The number of hydrogen-bond acceptors (Lipinski definition) is 18. The summed E-state index contributed by atoms with van der Waals surface area (Å²) < 4.78 is 69.4. The van der Waals surface area contributed by atoms with Crippen LogP contribution in [0.2, 0.25) is 0 Å². The Morgan fingerprint density at radius 2 is 0.692 bits per heavy atom. The van der Waals surface area contributed by atoms with Crippen molar-refractivity contribution < 1.29 is 85.6 Å². The van der Waals surface area contributed by atoms with E-state index in [0.717, 1.165) is 6.08 Å². The SMILES string of the molecule is C=CC(=O)OCCOCCOCCOCCOCCOCCOCCOCCOCCOCCOCCOCCOCC(=O)ON1C(=O)CCC1=O. The molecule has 0 spiro atoms. The van der Waals surface area contributed by atoms with E-state index in [4.69, 9.17) is 61.6 Å². The van der Waals surface area contributed by atoms with Crippen molar-refractivity contribution in [2.45, 2.75) is 12.8 Å². The Bertz CT molecular complexity index is 894. The Labute approximate surface area is 305 Å². The number of rotatable bonds is 40. The van der Waals surface area contributed by atoms with Gasteiger partial charge in [0.15, 0.2) is 0 Å². The Hall–Kier alpha value is -2.66. The molecule has 19 nitrogen and oxygen atoms in total. The minimum Gasteiger partial charge on any atom is -0.460 e. The Kier molecular flexibility index (Phi) is 33.4. The molecule has 0 atom stereocenters. The molecule has 0 aromatic heterocycles. The second-order valence-corrected chi connectivity index (χ2v) is 10.2. The molecular weight excluding hydrogens is 698 g/mol. The van der Waals surface area contributed by atoms with Crippen molar-refractivity contribution in [2.24, 2.45) is 0 Å². The Morgan fingerprint density at radius 1 is 0.442 bits per heavy atom. The summed E-state index contributed by atoms with van der Waals surface area (Å²) in [6.07, 6.45) is 1.18. The number of nitrogens with zero attached hydrogens (tertiary/aromatic N) is 1. The van der Waals surface area contributed by atoms with Gasteiger partial charge in [0.05, 0.1) is 152 Å². The van der Waals surface area contributed by atoms with E-state index in [1.807, 2.05) is 0 Å². The molecule has 19 heteroatoms. The summed E-state index contributed by atoms with van der Waals surface area (Å²) in [6.45, 7) is 12.6. The molecule has 1 aliphatic rings. The number of hydrogen-bond donors (Lipinski definition) is 0. The van der Waals surface area contributed by atoms with E-state index in [0.29, 0.717) is 144 Å². The zero-order valence-corrected chi connectivity index (χ0v) is 30.2. The van der Waals surface area contributed by atoms with Crippen molar-refractivity contribution in [1.82, 2.24) is 5.06 Å². The molecule has 0 unspecified atom stereocenters. The van der Waals surface area contributed by atoms with Crippen LogP contribution in [0.25, 0.3) is 0 Å². The van der Waals surface area contributed by atoms with Gasteiger partial charge < -0.3 is 66.4 Å². The van der Waals surface area contributed by atoms with Gasteiger partial charge in [0.25, 0.3) is 11.8 Å². The molecule has 0 aliphatic carbocycles. The maximum absolute atomic E-state index is 11.6. The molecule has 0 saturated carbocycles. The summed E-state index contributed by atoms with van der Waals surface area (Å²) in [5.74, 6) is -2.37. The third-order valence-corrected chi connectivity index (χ3v) is 6.15. The number of hydroxylamine groups is 2. The lowest BCUT2D eigenvalue weighted by atomic mass is 10.4. The van der Waals surface area contributed by atoms with Crippen LogP contribution in [-0.2, 0) is 85.6 Å². The minimum absolute atomic E-state index is 0.0377. The van der Waals surface area contributed by atoms with Gasteiger partial charge in [-0.05, 0) is 0 Å². The molecule has 0 aromatic carbocycles. The van der Waals surface area contributed by atoms with Crippen LogP contribution < -0.4 is 0 Å². The fraction of sp³-hybridized carbons (Fsp3) is 0.818. The highest BCUT2D eigenvalue weighted by Gasteiger charge is 2.32. The van der Waals surface area contributed by atoms with Gasteiger partial charge in [-0.25, -0.2) is 9.59 Å². The van der Waals surface area contributed by atoms with Crippen molar-refractivity contribution in [2.75, 3.05) is 165 Å². The van der Waals surface area contributed by atoms with Gasteiger partial charge in [0.2, 0.25) is 0 Å². The molecule has 52 heavy (non-hydrogen) atoms. The Morgan fingerprint density at radius 3 is 0.962 bits per heavy atom. The van der Waals surface area contributed by atoms with Crippen LogP contribution in [-0.4, -0.2) is 194 Å². The predicted octanol–water partition coefficient (Wildman–Crippen LogP) is -0.478. The van der Waals surface area contributed by atoms with Gasteiger partial charge in [0.1, 0.15) is 13.2 Å². The molecule has 1 aliphatic heterocycles. The van der Waals surface area contributed by atoms with Gasteiger partial charge in [0, 0.05) is 18.9 Å². The van der Waals surface area contributed by atoms with Crippen molar-refractivity contribution in [3.05, 3.63) is 12.7 Å². The highest BCUT2D eigenvalue weighted by molar-refractivity contribution is 6.01. The molecule has 1 heterocycles. The van der Waals surface area contributed by atoms with Gasteiger partial charge >= 0.3 is 11.9 Å². The maximum atomic E-state index is 11.6. The lowest BCUT2D eigenvalue weighted by Crippen LogP contribution is -2.33. The first-order valence-electron chi connectivity index (χ1n) is 17.3. The third-order valence-electron chi connectivity index (χ3n) is 6.15. The summed E-state index contributed by atoms with van der Waals surface area (Å²) in [5, 5.41) is 0.478. The van der Waals surface area contributed by atoms with E-state index >= 15 is 0 Å². The fourth-order valence-corrected chi connectivity index (χ4v) is 3.62. The summed E-state index contributed by atoms with van der Waals surface area (Å²) >= 11 is 0. The average molecular weight is 756 g/mol. The molecule has 302 valence electrons. The lowest BCUT2D eigenvalue weighted by Gasteiger charge is -2.12. The highest BCUT2D eigenvalue weighted by atomic mass is 16.7.